The normalized spacial score (nSPS) is 16.1. The molecule has 5 nitrogen and oxygen atoms in total. The maximum atomic E-state index is 12.0. The van der Waals surface area contributed by atoms with Crippen LogP contribution in [0.4, 0.5) is 0 Å². The van der Waals surface area contributed by atoms with Crippen LogP contribution in [-0.2, 0) is 11.8 Å². The highest BCUT2D eigenvalue weighted by atomic mass is 32.2. The Morgan fingerprint density at radius 1 is 1.24 bits per heavy atom. The molecule has 0 aliphatic heterocycles. The first-order valence-corrected chi connectivity index (χ1v) is 8.95. The number of hydrogen-bond acceptors (Lipinski definition) is 4. The van der Waals surface area contributed by atoms with E-state index >= 15 is 0 Å². The van der Waals surface area contributed by atoms with Gasteiger partial charge in [0.1, 0.15) is 5.82 Å². The molecule has 1 fully saturated rings. The van der Waals surface area contributed by atoms with Crippen LogP contribution in [0.25, 0.3) is 0 Å². The topological polar surface area (TPSA) is 51.0 Å². The minimum Gasteiger partial charge on any atom is -0.343 e. The average Bonchev–Trinajstić information content (AvgIpc) is 2.88. The summed E-state index contributed by atoms with van der Waals surface area (Å²) in [7, 11) is 2.02. The first-order chi connectivity index (χ1) is 10.2. The minimum absolute atomic E-state index is 0.173. The van der Waals surface area contributed by atoms with Crippen LogP contribution in [0.3, 0.4) is 0 Å². The predicted octanol–water partition coefficient (Wildman–Crippen LogP) is 2.82. The standard InChI is InChI=1S/C15H26N4OS/c1-4-19(5-2)13(20)11-21-15-17-16-14(18(15)3)12-9-7-6-8-10-12/h12H,4-11H2,1-3H3. The van der Waals surface area contributed by atoms with Crippen molar-refractivity contribution in [1.29, 1.82) is 0 Å². The molecule has 1 heterocycles. The molecular formula is C15H26N4OS. The summed E-state index contributed by atoms with van der Waals surface area (Å²) >= 11 is 1.50. The lowest BCUT2D eigenvalue weighted by molar-refractivity contribution is -0.127. The van der Waals surface area contributed by atoms with Crippen molar-refractivity contribution in [1.82, 2.24) is 19.7 Å². The van der Waals surface area contributed by atoms with Gasteiger partial charge in [0.25, 0.3) is 0 Å². The van der Waals surface area contributed by atoms with Gasteiger partial charge < -0.3 is 9.47 Å². The smallest absolute Gasteiger partial charge is 0.233 e. The molecule has 2 rings (SSSR count). The summed E-state index contributed by atoms with van der Waals surface area (Å²) in [4.78, 5) is 13.9. The molecule has 6 heteroatoms. The number of amides is 1. The Morgan fingerprint density at radius 2 is 1.90 bits per heavy atom. The van der Waals surface area contributed by atoms with E-state index in [0.717, 1.165) is 24.1 Å². The fourth-order valence-corrected chi connectivity index (χ4v) is 3.78. The Kier molecular flexibility index (Phi) is 6.08. The molecule has 0 atom stereocenters. The van der Waals surface area contributed by atoms with E-state index in [1.807, 2.05) is 25.8 Å². The van der Waals surface area contributed by atoms with Gasteiger partial charge in [0.15, 0.2) is 5.16 Å². The van der Waals surface area contributed by atoms with E-state index in [9.17, 15) is 4.79 Å². The van der Waals surface area contributed by atoms with Crippen LogP contribution in [0.5, 0.6) is 0 Å². The maximum absolute atomic E-state index is 12.0. The molecule has 118 valence electrons. The summed E-state index contributed by atoms with van der Waals surface area (Å²) in [5.41, 5.74) is 0. The van der Waals surface area contributed by atoms with Crippen molar-refractivity contribution in [3.8, 4) is 0 Å². The Bertz CT molecular complexity index is 464. The van der Waals surface area contributed by atoms with Gasteiger partial charge in [-0.3, -0.25) is 4.79 Å². The second-order valence-corrected chi connectivity index (χ2v) is 6.53. The van der Waals surface area contributed by atoms with Gasteiger partial charge in [-0.2, -0.15) is 0 Å². The van der Waals surface area contributed by atoms with Gasteiger partial charge in [0.05, 0.1) is 5.75 Å². The molecule has 1 aromatic rings. The zero-order valence-electron chi connectivity index (χ0n) is 13.3. The summed E-state index contributed by atoms with van der Waals surface area (Å²) in [6.45, 7) is 5.55. The van der Waals surface area contributed by atoms with E-state index in [0.29, 0.717) is 11.7 Å². The van der Waals surface area contributed by atoms with Gasteiger partial charge in [-0.05, 0) is 26.7 Å². The van der Waals surface area contributed by atoms with Crippen LogP contribution in [-0.4, -0.2) is 44.4 Å². The van der Waals surface area contributed by atoms with Gasteiger partial charge in [-0.1, -0.05) is 31.0 Å². The molecule has 0 aromatic carbocycles. The molecule has 1 aliphatic carbocycles. The number of nitrogens with zero attached hydrogens (tertiary/aromatic N) is 4. The van der Waals surface area contributed by atoms with Gasteiger partial charge in [0.2, 0.25) is 5.91 Å². The molecule has 0 bridgehead atoms. The molecule has 0 unspecified atom stereocenters. The molecule has 1 amide bonds. The van der Waals surface area contributed by atoms with Crippen LogP contribution < -0.4 is 0 Å². The van der Waals surface area contributed by atoms with Crippen LogP contribution in [0.15, 0.2) is 5.16 Å². The van der Waals surface area contributed by atoms with E-state index in [1.54, 1.807) is 0 Å². The third kappa shape index (κ3) is 3.99. The van der Waals surface area contributed by atoms with Crippen molar-refractivity contribution >= 4 is 17.7 Å². The number of hydrogen-bond donors (Lipinski definition) is 0. The van der Waals surface area contributed by atoms with Crippen molar-refractivity contribution in [2.45, 2.75) is 57.0 Å². The van der Waals surface area contributed by atoms with Crippen molar-refractivity contribution in [2.75, 3.05) is 18.8 Å². The second kappa shape index (κ2) is 7.82. The molecule has 1 saturated carbocycles. The Hall–Kier alpha value is -1.04. The monoisotopic (exact) mass is 310 g/mol. The molecule has 0 saturated heterocycles. The zero-order chi connectivity index (χ0) is 15.2. The SMILES string of the molecule is CCN(CC)C(=O)CSc1nnc(C2CCCCC2)n1C. The highest BCUT2D eigenvalue weighted by Gasteiger charge is 2.22. The van der Waals surface area contributed by atoms with E-state index < -0.39 is 0 Å². The number of thioether (sulfide) groups is 1. The van der Waals surface area contributed by atoms with E-state index in [-0.39, 0.29) is 5.91 Å². The van der Waals surface area contributed by atoms with Crippen LogP contribution >= 0.6 is 11.8 Å². The van der Waals surface area contributed by atoms with Crippen LogP contribution in [0.1, 0.15) is 57.7 Å². The predicted molar refractivity (Wildman–Crippen MR) is 85.5 cm³/mol. The molecule has 0 radical (unpaired) electrons. The zero-order valence-corrected chi connectivity index (χ0v) is 14.2. The lowest BCUT2D eigenvalue weighted by atomic mass is 9.89. The second-order valence-electron chi connectivity index (χ2n) is 5.59. The number of rotatable bonds is 6. The summed E-state index contributed by atoms with van der Waals surface area (Å²) in [6.07, 6.45) is 6.36. The van der Waals surface area contributed by atoms with E-state index in [4.69, 9.17) is 0 Å². The third-order valence-electron chi connectivity index (χ3n) is 4.28. The molecule has 1 aromatic heterocycles. The van der Waals surface area contributed by atoms with Crippen molar-refractivity contribution in [3.63, 3.8) is 0 Å². The lowest BCUT2D eigenvalue weighted by Gasteiger charge is -2.20. The number of aromatic nitrogens is 3. The summed E-state index contributed by atoms with van der Waals surface area (Å²) in [6, 6.07) is 0. The summed E-state index contributed by atoms with van der Waals surface area (Å²) in [5, 5.41) is 9.51. The number of carbonyl (C=O) groups excluding carboxylic acids is 1. The third-order valence-corrected chi connectivity index (χ3v) is 5.28. The Balaban J connectivity index is 1.95. The number of carbonyl (C=O) groups is 1. The van der Waals surface area contributed by atoms with Crippen LogP contribution in [0, 0.1) is 0 Å². The van der Waals surface area contributed by atoms with E-state index in [1.165, 1.54) is 43.9 Å². The highest BCUT2D eigenvalue weighted by molar-refractivity contribution is 7.99. The van der Waals surface area contributed by atoms with Gasteiger partial charge in [-0.25, -0.2) is 0 Å². The molecule has 0 N–H and O–H groups in total. The van der Waals surface area contributed by atoms with Crippen LogP contribution in [0.2, 0.25) is 0 Å². The molecule has 21 heavy (non-hydrogen) atoms. The van der Waals surface area contributed by atoms with Gasteiger partial charge in [0, 0.05) is 26.1 Å². The Morgan fingerprint density at radius 3 is 2.52 bits per heavy atom. The van der Waals surface area contributed by atoms with Crippen molar-refractivity contribution < 1.29 is 4.79 Å². The highest BCUT2D eigenvalue weighted by Crippen LogP contribution is 2.32. The lowest BCUT2D eigenvalue weighted by Crippen LogP contribution is -2.31. The molecular weight excluding hydrogens is 284 g/mol. The van der Waals surface area contributed by atoms with Crippen molar-refractivity contribution in [3.05, 3.63) is 5.82 Å². The molecule has 1 aliphatic rings. The van der Waals surface area contributed by atoms with Crippen molar-refractivity contribution in [2.24, 2.45) is 7.05 Å². The largest absolute Gasteiger partial charge is 0.343 e. The first kappa shape index (κ1) is 16.3. The van der Waals surface area contributed by atoms with E-state index in [2.05, 4.69) is 14.8 Å². The fraction of sp³-hybridized carbons (Fsp3) is 0.800. The maximum Gasteiger partial charge on any atom is 0.233 e. The minimum atomic E-state index is 0.173. The van der Waals surface area contributed by atoms with Gasteiger partial charge >= 0.3 is 0 Å². The first-order valence-electron chi connectivity index (χ1n) is 7.97. The quantitative estimate of drug-likeness (QED) is 0.758. The average molecular weight is 310 g/mol. The summed E-state index contributed by atoms with van der Waals surface area (Å²) in [5.74, 6) is 2.25. The summed E-state index contributed by atoms with van der Waals surface area (Å²) < 4.78 is 2.08. The fourth-order valence-electron chi connectivity index (χ4n) is 2.96. The van der Waals surface area contributed by atoms with Gasteiger partial charge in [-0.15, -0.1) is 10.2 Å². The Labute approximate surface area is 131 Å². The molecule has 0 spiro atoms.